The summed E-state index contributed by atoms with van der Waals surface area (Å²) >= 11 is 0. The smallest absolute Gasteiger partial charge is 0.251 e. The van der Waals surface area contributed by atoms with Gasteiger partial charge in [-0.05, 0) is 48.2 Å². The fourth-order valence-corrected chi connectivity index (χ4v) is 6.78. The van der Waals surface area contributed by atoms with E-state index in [1.54, 1.807) is 42.5 Å². The van der Waals surface area contributed by atoms with Crippen LogP contribution >= 0.6 is 0 Å². The first-order valence-electron chi connectivity index (χ1n) is 10.7. The number of rotatable bonds is 6. The molecular formula is C22H27N3O6S2. The number of nitrogens with one attached hydrogen (secondary N) is 1. The SMILES string of the molecule is CS(=O)(=O)N1CCCc2cc(C(=O)NCc3ccccc3S(=O)(=O)N3CCOCC3)ccc21. The topological polar surface area (TPSA) is 113 Å². The van der Waals surface area contributed by atoms with Crippen LogP contribution < -0.4 is 9.62 Å². The molecule has 0 bridgehead atoms. The first-order valence-corrected chi connectivity index (χ1v) is 14.0. The molecule has 11 heteroatoms. The van der Waals surface area contributed by atoms with Gasteiger partial charge >= 0.3 is 0 Å². The van der Waals surface area contributed by atoms with Crippen molar-refractivity contribution in [2.75, 3.05) is 43.4 Å². The molecule has 2 aromatic rings. The maximum atomic E-state index is 13.1. The number of aryl methyl sites for hydroxylation is 1. The highest BCUT2D eigenvalue weighted by Gasteiger charge is 2.28. The van der Waals surface area contributed by atoms with Crippen LogP contribution in [0.1, 0.15) is 27.9 Å². The van der Waals surface area contributed by atoms with Gasteiger partial charge in [-0.1, -0.05) is 18.2 Å². The van der Waals surface area contributed by atoms with Crippen LogP contribution in [-0.2, 0) is 37.7 Å². The van der Waals surface area contributed by atoms with Crippen molar-refractivity contribution in [1.82, 2.24) is 9.62 Å². The van der Waals surface area contributed by atoms with Gasteiger partial charge in [0.05, 0.1) is 30.1 Å². The summed E-state index contributed by atoms with van der Waals surface area (Å²) in [4.78, 5) is 13.0. The summed E-state index contributed by atoms with van der Waals surface area (Å²) in [5.41, 5.74) is 2.30. The minimum Gasteiger partial charge on any atom is -0.379 e. The predicted molar refractivity (Wildman–Crippen MR) is 124 cm³/mol. The molecule has 178 valence electrons. The summed E-state index contributed by atoms with van der Waals surface area (Å²) in [6.45, 7) is 1.77. The number of anilines is 1. The van der Waals surface area contributed by atoms with Gasteiger partial charge < -0.3 is 10.1 Å². The third-order valence-electron chi connectivity index (χ3n) is 5.82. The number of hydrogen-bond acceptors (Lipinski definition) is 6. The van der Waals surface area contributed by atoms with Crippen LogP contribution in [0.25, 0.3) is 0 Å². The second-order valence-electron chi connectivity index (χ2n) is 8.09. The lowest BCUT2D eigenvalue weighted by molar-refractivity contribution is 0.0730. The fraction of sp³-hybridized carbons (Fsp3) is 0.409. The number of carbonyl (C=O) groups excluding carboxylic acids is 1. The Morgan fingerprint density at radius 3 is 2.48 bits per heavy atom. The highest BCUT2D eigenvalue weighted by molar-refractivity contribution is 7.92. The number of hydrogen-bond donors (Lipinski definition) is 1. The number of ether oxygens (including phenoxy) is 1. The summed E-state index contributed by atoms with van der Waals surface area (Å²) in [6, 6.07) is 11.6. The Morgan fingerprint density at radius 2 is 1.76 bits per heavy atom. The highest BCUT2D eigenvalue weighted by atomic mass is 32.2. The molecule has 0 aliphatic carbocycles. The molecule has 0 unspecified atom stereocenters. The van der Waals surface area contributed by atoms with Gasteiger partial charge in [-0.15, -0.1) is 0 Å². The van der Waals surface area contributed by atoms with Crippen LogP contribution in [0.2, 0.25) is 0 Å². The van der Waals surface area contributed by atoms with Gasteiger partial charge in [0.15, 0.2) is 0 Å². The zero-order valence-electron chi connectivity index (χ0n) is 18.4. The molecule has 4 rings (SSSR count). The molecule has 0 radical (unpaired) electrons. The third-order valence-corrected chi connectivity index (χ3v) is 9.00. The molecule has 0 spiro atoms. The molecular weight excluding hydrogens is 466 g/mol. The summed E-state index contributed by atoms with van der Waals surface area (Å²) in [7, 11) is -7.08. The van der Waals surface area contributed by atoms with E-state index < -0.39 is 20.0 Å². The van der Waals surface area contributed by atoms with Crippen molar-refractivity contribution in [3.8, 4) is 0 Å². The zero-order chi connectivity index (χ0) is 23.6. The van der Waals surface area contributed by atoms with Crippen molar-refractivity contribution in [1.29, 1.82) is 0 Å². The Morgan fingerprint density at radius 1 is 1.03 bits per heavy atom. The third kappa shape index (κ3) is 5.06. The zero-order valence-corrected chi connectivity index (χ0v) is 20.0. The van der Waals surface area contributed by atoms with Crippen molar-refractivity contribution >= 4 is 31.6 Å². The Balaban J connectivity index is 1.51. The molecule has 1 saturated heterocycles. The molecule has 1 amide bonds. The number of fused-ring (bicyclic) bond motifs is 1. The number of carbonyl (C=O) groups is 1. The van der Waals surface area contributed by atoms with Gasteiger partial charge in [0.25, 0.3) is 5.91 Å². The van der Waals surface area contributed by atoms with Gasteiger partial charge in [-0.3, -0.25) is 9.10 Å². The van der Waals surface area contributed by atoms with E-state index in [-0.39, 0.29) is 17.3 Å². The van der Waals surface area contributed by atoms with E-state index in [0.717, 1.165) is 5.56 Å². The van der Waals surface area contributed by atoms with Crippen molar-refractivity contribution < 1.29 is 26.4 Å². The van der Waals surface area contributed by atoms with Crippen LogP contribution in [0.3, 0.4) is 0 Å². The average Bonchev–Trinajstić information content (AvgIpc) is 2.82. The maximum absolute atomic E-state index is 13.1. The van der Waals surface area contributed by atoms with Crippen molar-refractivity contribution in [2.45, 2.75) is 24.3 Å². The summed E-state index contributed by atoms with van der Waals surface area (Å²) < 4.78 is 58.3. The fourth-order valence-electron chi connectivity index (χ4n) is 4.15. The quantitative estimate of drug-likeness (QED) is 0.650. The molecule has 33 heavy (non-hydrogen) atoms. The van der Waals surface area contributed by atoms with Crippen LogP contribution in [-0.4, -0.2) is 66.2 Å². The van der Waals surface area contributed by atoms with Crippen LogP contribution in [0.5, 0.6) is 0 Å². The van der Waals surface area contributed by atoms with Gasteiger partial charge in [-0.25, -0.2) is 16.8 Å². The number of nitrogens with zero attached hydrogens (tertiary/aromatic N) is 2. The van der Waals surface area contributed by atoms with Gasteiger partial charge in [0, 0.05) is 31.7 Å². The van der Waals surface area contributed by atoms with E-state index >= 15 is 0 Å². The highest BCUT2D eigenvalue weighted by Crippen LogP contribution is 2.30. The van der Waals surface area contributed by atoms with Gasteiger partial charge in [-0.2, -0.15) is 4.31 Å². The molecule has 2 heterocycles. The van der Waals surface area contributed by atoms with E-state index in [9.17, 15) is 21.6 Å². The van der Waals surface area contributed by atoms with E-state index in [1.807, 2.05) is 0 Å². The van der Waals surface area contributed by atoms with Crippen molar-refractivity contribution in [2.24, 2.45) is 0 Å². The minimum absolute atomic E-state index is 0.0468. The molecule has 2 aliphatic rings. The summed E-state index contributed by atoms with van der Waals surface area (Å²) in [6.07, 6.45) is 2.53. The molecule has 1 fully saturated rings. The molecule has 0 saturated carbocycles. The molecule has 2 aromatic carbocycles. The summed E-state index contributed by atoms with van der Waals surface area (Å²) in [5, 5.41) is 2.80. The Hall–Kier alpha value is -2.47. The minimum atomic E-state index is -3.70. The van der Waals surface area contributed by atoms with Gasteiger partial charge in [0.2, 0.25) is 20.0 Å². The van der Waals surface area contributed by atoms with E-state index in [2.05, 4.69) is 5.32 Å². The van der Waals surface area contributed by atoms with Crippen LogP contribution in [0.15, 0.2) is 47.4 Å². The van der Waals surface area contributed by atoms with Crippen molar-refractivity contribution in [3.05, 3.63) is 59.2 Å². The summed E-state index contributed by atoms with van der Waals surface area (Å²) in [5.74, 6) is -0.354. The first-order chi connectivity index (χ1) is 15.7. The molecule has 9 nitrogen and oxygen atoms in total. The molecule has 1 N–H and O–H groups in total. The van der Waals surface area contributed by atoms with Crippen molar-refractivity contribution in [3.63, 3.8) is 0 Å². The first kappa shape index (κ1) is 23.7. The largest absolute Gasteiger partial charge is 0.379 e. The lowest BCUT2D eigenvalue weighted by Crippen LogP contribution is -2.41. The average molecular weight is 494 g/mol. The Kier molecular flexibility index (Phi) is 6.76. The monoisotopic (exact) mass is 493 g/mol. The van der Waals surface area contributed by atoms with E-state index in [4.69, 9.17) is 4.74 Å². The number of sulfonamides is 2. The Labute approximate surface area is 194 Å². The predicted octanol–water partition coefficient (Wildman–Crippen LogP) is 1.35. The standard InChI is InChI=1S/C22H27N3O6S2/c1-32(27,28)25-10-4-6-17-15-18(8-9-20(17)25)22(26)23-16-19-5-2-3-7-21(19)33(29,30)24-11-13-31-14-12-24/h2-3,5,7-9,15H,4,6,10-14,16H2,1H3,(H,23,26). The molecule has 0 aromatic heterocycles. The number of morpholine rings is 1. The lowest BCUT2D eigenvalue weighted by Gasteiger charge is -2.29. The second-order valence-corrected chi connectivity index (χ2v) is 11.9. The van der Waals surface area contributed by atoms with Gasteiger partial charge in [0.1, 0.15) is 0 Å². The second kappa shape index (κ2) is 9.41. The number of amides is 1. The number of benzene rings is 2. The molecule has 0 atom stereocenters. The maximum Gasteiger partial charge on any atom is 0.251 e. The Bertz CT molecular complexity index is 1250. The molecule has 2 aliphatic heterocycles. The van der Waals surface area contributed by atoms with Crippen LogP contribution in [0.4, 0.5) is 5.69 Å². The van der Waals surface area contributed by atoms with Crippen LogP contribution in [0, 0.1) is 0 Å². The lowest BCUT2D eigenvalue weighted by atomic mass is 10.0. The van der Waals surface area contributed by atoms with E-state index in [0.29, 0.717) is 62.5 Å². The van der Waals surface area contributed by atoms with E-state index in [1.165, 1.54) is 14.9 Å². The normalized spacial score (nSPS) is 17.4.